The van der Waals surface area contributed by atoms with E-state index in [4.69, 9.17) is 4.52 Å². The Hall–Kier alpha value is -1.73. The highest BCUT2D eigenvalue weighted by Gasteiger charge is 2.18. The number of imidazole rings is 1. The van der Waals surface area contributed by atoms with Crippen LogP contribution in [0, 0.1) is 6.92 Å². The summed E-state index contributed by atoms with van der Waals surface area (Å²) in [6.07, 6.45) is 5.10. The van der Waals surface area contributed by atoms with Crippen molar-refractivity contribution in [1.82, 2.24) is 29.5 Å². The fourth-order valence-corrected chi connectivity index (χ4v) is 2.93. The summed E-state index contributed by atoms with van der Waals surface area (Å²) >= 11 is 0. The lowest BCUT2D eigenvalue weighted by Gasteiger charge is -2.21. The van der Waals surface area contributed by atoms with Crippen molar-refractivity contribution in [3.8, 4) is 0 Å². The summed E-state index contributed by atoms with van der Waals surface area (Å²) in [5.41, 5.74) is 0. The third kappa shape index (κ3) is 3.72. The molecule has 0 aliphatic carbocycles. The van der Waals surface area contributed by atoms with Gasteiger partial charge in [0.15, 0.2) is 5.82 Å². The minimum Gasteiger partial charge on any atom is -0.340 e. The Bertz CT molecular complexity index is 592. The van der Waals surface area contributed by atoms with Crippen molar-refractivity contribution in [1.29, 1.82) is 0 Å². The van der Waals surface area contributed by atoms with E-state index in [0.717, 1.165) is 63.9 Å². The Balaban J connectivity index is 1.53. The highest BCUT2D eigenvalue weighted by Crippen LogP contribution is 2.10. The topological polar surface area (TPSA) is 63.2 Å². The van der Waals surface area contributed by atoms with E-state index in [-0.39, 0.29) is 0 Å². The third-order valence-corrected chi connectivity index (χ3v) is 4.12. The van der Waals surface area contributed by atoms with Gasteiger partial charge in [-0.1, -0.05) is 5.16 Å². The third-order valence-electron chi connectivity index (χ3n) is 4.12. The fraction of sp³-hybridized carbons (Fsp3) is 0.667. The summed E-state index contributed by atoms with van der Waals surface area (Å²) in [6, 6.07) is 0. The van der Waals surface area contributed by atoms with Crippen LogP contribution in [0.15, 0.2) is 16.9 Å². The summed E-state index contributed by atoms with van der Waals surface area (Å²) in [4.78, 5) is 13.6. The molecule has 2 aromatic heterocycles. The van der Waals surface area contributed by atoms with E-state index in [1.165, 1.54) is 0 Å². The van der Waals surface area contributed by atoms with Crippen LogP contribution in [0.1, 0.15) is 30.9 Å². The zero-order valence-electron chi connectivity index (χ0n) is 13.4. The molecule has 0 saturated carbocycles. The average Bonchev–Trinajstić information content (AvgIpc) is 3.06. The van der Waals surface area contributed by atoms with Gasteiger partial charge in [-0.2, -0.15) is 4.98 Å². The predicted molar refractivity (Wildman–Crippen MR) is 82.1 cm³/mol. The SMILES string of the molecule is CCn1ccnc1CN1CCCN(Cc2noc(C)n2)CC1. The Morgan fingerprint density at radius 1 is 1.14 bits per heavy atom. The minimum absolute atomic E-state index is 0.637. The summed E-state index contributed by atoms with van der Waals surface area (Å²) < 4.78 is 7.26. The molecule has 2 aromatic rings. The first-order chi connectivity index (χ1) is 10.7. The van der Waals surface area contributed by atoms with Crippen molar-refractivity contribution in [2.24, 2.45) is 0 Å². The lowest BCUT2D eigenvalue weighted by atomic mass is 10.3. The number of hydrogen-bond acceptors (Lipinski definition) is 6. The highest BCUT2D eigenvalue weighted by molar-refractivity contribution is 4.93. The number of nitrogens with zero attached hydrogens (tertiary/aromatic N) is 6. The summed E-state index contributed by atoms with van der Waals surface area (Å²) in [7, 11) is 0. The highest BCUT2D eigenvalue weighted by atomic mass is 16.5. The Kier molecular flexibility index (Phi) is 4.84. The van der Waals surface area contributed by atoms with Gasteiger partial charge in [-0.15, -0.1) is 0 Å². The number of aromatic nitrogens is 4. The monoisotopic (exact) mass is 304 g/mol. The number of aryl methyl sites for hydroxylation is 2. The van der Waals surface area contributed by atoms with Crippen LogP contribution >= 0.6 is 0 Å². The van der Waals surface area contributed by atoms with Gasteiger partial charge in [0.05, 0.1) is 13.1 Å². The molecule has 0 bridgehead atoms. The molecule has 0 unspecified atom stereocenters. The van der Waals surface area contributed by atoms with E-state index in [1.54, 1.807) is 0 Å². The molecule has 0 atom stereocenters. The average molecular weight is 304 g/mol. The van der Waals surface area contributed by atoms with Crippen LogP contribution in [-0.4, -0.2) is 55.7 Å². The largest absolute Gasteiger partial charge is 0.340 e. The molecular weight excluding hydrogens is 280 g/mol. The van der Waals surface area contributed by atoms with E-state index in [9.17, 15) is 0 Å². The van der Waals surface area contributed by atoms with E-state index >= 15 is 0 Å². The van der Waals surface area contributed by atoms with Crippen LogP contribution in [0.5, 0.6) is 0 Å². The van der Waals surface area contributed by atoms with Gasteiger partial charge in [0.1, 0.15) is 5.82 Å². The molecule has 1 saturated heterocycles. The van der Waals surface area contributed by atoms with E-state index in [0.29, 0.717) is 5.89 Å². The Labute approximate surface area is 130 Å². The van der Waals surface area contributed by atoms with Crippen molar-refractivity contribution in [2.75, 3.05) is 26.2 Å². The van der Waals surface area contributed by atoms with Crippen molar-refractivity contribution >= 4 is 0 Å². The van der Waals surface area contributed by atoms with Gasteiger partial charge in [0, 0.05) is 39.0 Å². The van der Waals surface area contributed by atoms with Crippen molar-refractivity contribution in [2.45, 2.75) is 39.9 Å². The maximum Gasteiger partial charge on any atom is 0.223 e. The molecule has 3 heterocycles. The van der Waals surface area contributed by atoms with Gasteiger partial charge in [0.2, 0.25) is 5.89 Å². The second-order valence-electron chi connectivity index (χ2n) is 5.76. The maximum absolute atomic E-state index is 5.04. The quantitative estimate of drug-likeness (QED) is 0.830. The number of rotatable bonds is 5. The molecule has 0 aromatic carbocycles. The first-order valence-electron chi connectivity index (χ1n) is 7.98. The maximum atomic E-state index is 5.04. The van der Waals surface area contributed by atoms with Crippen LogP contribution in [0.25, 0.3) is 0 Å². The lowest BCUT2D eigenvalue weighted by Crippen LogP contribution is -2.31. The standard InChI is InChI=1S/C15H24N6O/c1-3-21-8-5-16-15(21)12-20-7-4-6-19(9-10-20)11-14-17-13(2)22-18-14/h5,8H,3-4,6-7,9-12H2,1-2H3. The van der Waals surface area contributed by atoms with E-state index < -0.39 is 0 Å². The second kappa shape index (κ2) is 7.02. The van der Waals surface area contributed by atoms with Crippen LogP contribution in [0.3, 0.4) is 0 Å². The molecule has 7 nitrogen and oxygen atoms in total. The van der Waals surface area contributed by atoms with Crippen LogP contribution in [0.4, 0.5) is 0 Å². The first-order valence-corrected chi connectivity index (χ1v) is 7.98. The first kappa shape index (κ1) is 15.2. The molecule has 0 amide bonds. The molecule has 7 heteroatoms. The molecule has 120 valence electrons. The Morgan fingerprint density at radius 2 is 1.91 bits per heavy atom. The second-order valence-corrected chi connectivity index (χ2v) is 5.76. The summed E-state index contributed by atoms with van der Waals surface area (Å²) in [6.45, 7) is 10.9. The zero-order chi connectivity index (χ0) is 15.4. The molecule has 1 aliphatic rings. The normalized spacial score (nSPS) is 17.7. The van der Waals surface area contributed by atoms with Crippen molar-refractivity contribution in [3.63, 3.8) is 0 Å². The van der Waals surface area contributed by atoms with Gasteiger partial charge in [-0.05, 0) is 26.4 Å². The van der Waals surface area contributed by atoms with Crippen LogP contribution < -0.4 is 0 Å². The molecule has 1 aliphatic heterocycles. The summed E-state index contributed by atoms with van der Waals surface area (Å²) in [5, 5.41) is 3.99. The molecule has 3 rings (SSSR count). The molecule has 0 radical (unpaired) electrons. The van der Waals surface area contributed by atoms with Crippen molar-refractivity contribution < 1.29 is 4.52 Å². The van der Waals surface area contributed by atoms with Gasteiger partial charge >= 0.3 is 0 Å². The van der Waals surface area contributed by atoms with Gasteiger partial charge in [0.25, 0.3) is 0 Å². The lowest BCUT2D eigenvalue weighted by molar-refractivity contribution is 0.236. The molecule has 0 spiro atoms. The van der Waals surface area contributed by atoms with Crippen LogP contribution in [-0.2, 0) is 19.6 Å². The van der Waals surface area contributed by atoms with E-state index in [1.807, 2.05) is 13.1 Å². The molecule has 0 N–H and O–H groups in total. The van der Waals surface area contributed by atoms with Gasteiger partial charge in [-0.25, -0.2) is 4.98 Å². The predicted octanol–water partition coefficient (Wildman–Crippen LogP) is 1.30. The Morgan fingerprint density at radius 3 is 2.59 bits per heavy atom. The fourth-order valence-electron chi connectivity index (χ4n) is 2.93. The van der Waals surface area contributed by atoms with E-state index in [2.05, 4.69) is 42.6 Å². The number of hydrogen-bond donors (Lipinski definition) is 0. The molecule has 1 fully saturated rings. The van der Waals surface area contributed by atoms with Crippen LogP contribution in [0.2, 0.25) is 0 Å². The molecular formula is C15H24N6O. The molecule has 22 heavy (non-hydrogen) atoms. The summed E-state index contributed by atoms with van der Waals surface area (Å²) in [5.74, 6) is 2.58. The van der Waals surface area contributed by atoms with Crippen molar-refractivity contribution in [3.05, 3.63) is 29.9 Å². The van der Waals surface area contributed by atoms with Gasteiger partial charge in [-0.3, -0.25) is 9.80 Å². The van der Waals surface area contributed by atoms with Gasteiger partial charge < -0.3 is 9.09 Å². The smallest absolute Gasteiger partial charge is 0.223 e. The zero-order valence-corrected chi connectivity index (χ0v) is 13.4. The minimum atomic E-state index is 0.637.